The summed E-state index contributed by atoms with van der Waals surface area (Å²) in [5.74, 6) is -2.02. The molecule has 23 heavy (non-hydrogen) atoms. The van der Waals surface area contributed by atoms with E-state index < -0.39 is 24.2 Å². The second kappa shape index (κ2) is 6.37. The molecule has 0 aliphatic carbocycles. The predicted molar refractivity (Wildman–Crippen MR) is 76.0 cm³/mol. The zero-order valence-electron chi connectivity index (χ0n) is 11.8. The number of amides is 1. The zero-order valence-corrected chi connectivity index (χ0v) is 12.6. The molecule has 9 heteroatoms. The van der Waals surface area contributed by atoms with E-state index in [-0.39, 0.29) is 16.1 Å². The lowest BCUT2D eigenvalue weighted by atomic mass is 10.1. The number of nitrogens with two attached hydrogens (primary N) is 1. The Bertz CT molecular complexity index is 743. The van der Waals surface area contributed by atoms with Crippen molar-refractivity contribution < 1.29 is 27.5 Å². The third-order valence-electron chi connectivity index (χ3n) is 2.77. The van der Waals surface area contributed by atoms with Crippen molar-refractivity contribution in [3.05, 3.63) is 51.5 Å². The first-order valence-corrected chi connectivity index (χ1v) is 7.16. The van der Waals surface area contributed by atoms with Crippen LogP contribution in [0.2, 0.25) is 0 Å². The van der Waals surface area contributed by atoms with Crippen LogP contribution in [0.4, 0.5) is 13.2 Å². The van der Waals surface area contributed by atoms with E-state index in [1.807, 2.05) is 0 Å². The van der Waals surface area contributed by atoms with E-state index in [4.69, 9.17) is 5.73 Å². The number of rotatable bonds is 4. The van der Waals surface area contributed by atoms with Gasteiger partial charge in [-0.2, -0.15) is 13.2 Å². The Hall–Kier alpha value is -2.42. The molecular formula is C14H11F3N2O3S. The van der Waals surface area contributed by atoms with Gasteiger partial charge in [-0.3, -0.25) is 4.79 Å². The molecule has 2 rings (SSSR count). The van der Waals surface area contributed by atoms with Gasteiger partial charge < -0.3 is 10.5 Å². The van der Waals surface area contributed by atoms with Gasteiger partial charge in [-0.1, -0.05) is 6.07 Å². The Morgan fingerprint density at radius 3 is 2.48 bits per heavy atom. The van der Waals surface area contributed by atoms with Crippen molar-refractivity contribution >= 4 is 23.2 Å². The van der Waals surface area contributed by atoms with E-state index in [0.29, 0.717) is 5.69 Å². The first kappa shape index (κ1) is 16.9. The first-order chi connectivity index (χ1) is 10.7. The number of ether oxygens (including phenoxy) is 1. The number of esters is 1. The highest BCUT2D eigenvalue weighted by Crippen LogP contribution is 2.37. The minimum absolute atomic E-state index is 0.00639. The number of halogens is 3. The summed E-state index contributed by atoms with van der Waals surface area (Å²) in [5, 5.41) is 1.06. The number of alkyl halides is 3. The van der Waals surface area contributed by atoms with Crippen LogP contribution in [0.5, 0.6) is 0 Å². The van der Waals surface area contributed by atoms with Crippen molar-refractivity contribution in [1.82, 2.24) is 4.98 Å². The van der Waals surface area contributed by atoms with Gasteiger partial charge in [-0.25, -0.2) is 9.78 Å². The van der Waals surface area contributed by atoms with E-state index in [2.05, 4.69) is 9.72 Å². The van der Waals surface area contributed by atoms with Gasteiger partial charge in [0.2, 0.25) is 12.0 Å². The Morgan fingerprint density at radius 1 is 1.30 bits per heavy atom. The van der Waals surface area contributed by atoms with E-state index >= 15 is 0 Å². The molecule has 1 amide bonds. The van der Waals surface area contributed by atoms with Gasteiger partial charge >= 0.3 is 12.1 Å². The maximum Gasteiger partial charge on any atom is 0.432 e. The normalized spacial score (nSPS) is 12.7. The van der Waals surface area contributed by atoms with E-state index in [0.717, 1.165) is 17.4 Å². The first-order valence-electron chi connectivity index (χ1n) is 6.28. The molecule has 1 aromatic heterocycles. The van der Waals surface area contributed by atoms with Crippen LogP contribution in [0.25, 0.3) is 0 Å². The van der Waals surface area contributed by atoms with Crippen LogP contribution in [0.3, 0.4) is 0 Å². The average Bonchev–Trinajstić information content (AvgIpc) is 2.89. The van der Waals surface area contributed by atoms with Crippen LogP contribution in [0.15, 0.2) is 29.6 Å². The summed E-state index contributed by atoms with van der Waals surface area (Å²) in [5.41, 5.74) is 5.25. The molecular weight excluding hydrogens is 333 g/mol. The summed E-state index contributed by atoms with van der Waals surface area (Å²) in [7, 11) is 0. The van der Waals surface area contributed by atoms with Crippen LogP contribution in [0.1, 0.15) is 37.5 Å². The van der Waals surface area contributed by atoms with Crippen LogP contribution >= 0.6 is 11.3 Å². The highest BCUT2D eigenvalue weighted by Gasteiger charge is 2.46. The fraction of sp³-hybridized carbons (Fsp3) is 0.214. The number of primary amides is 1. The SMILES string of the molecule is Cc1csc(C(OC(=O)c2cccc(C(N)=O)c2)C(F)(F)F)n1. The second-order valence-corrected chi connectivity index (χ2v) is 5.49. The van der Waals surface area contributed by atoms with Gasteiger partial charge in [0.05, 0.1) is 5.56 Å². The zero-order chi connectivity index (χ0) is 17.2. The molecule has 1 heterocycles. The average molecular weight is 344 g/mol. The molecule has 0 aliphatic heterocycles. The van der Waals surface area contributed by atoms with Crippen LogP contribution in [-0.2, 0) is 4.74 Å². The minimum Gasteiger partial charge on any atom is -0.442 e. The van der Waals surface area contributed by atoms with E-state index in [9.17, 15) is 22.8 Å². The minimum atomic E-state index is -4.80. The number of carbonyl (C=O) groups excluding carboxylic acids is 2. The van der Waals surface area contributed by atoms with Crippen LogP contribution in [-0.4, -0.2) is 23.0 Å². The standard InChI is InChI=1S/C14H11F3N2O3S/c1-7-6-23-12(19-7)10(14(15,16)17)22-13(21)9-4-2-3-8(5-9)11(18)20/h2-6,10H,1H3,(H2,18,20). The quantitative estimate of drug-likeness (QED) is 0.865. The highest BCUT2D eigenvalue weighted by atomic mass is 32.1. The molecule has 2 N–H and O–H groups in total. The summed E-state index contributed by atoms with van der Waals surface area (Å²) in [4.78, 5) is 26.7. The molecule has 0 radical (unpaired) electrons. The molecule has 5 nitrogen and oxygen atoms in total. The smallest absolute Gasteiger partial charge is 0.432 e. The number of hydrogen-bond donors (Lipinski definition) is 1. The fourth-order valence-corrected chi connectivity index (χ4v) is 2.57. The summed E-state index contributed by atoms with van der Waals surface area (Å²) < 4.78 is 43.9. The van der Waals surface area contributed by atoms with Gasteiger partial charge in [0.25, 0.3) is 0 Å². The predicted octanol–water partition coefficient (Wildman–Crippen LogP) is 3.01. The van der Waals surface area contributed by atoms with Crippen molar-refractivity contribution in [1.29, 1.82) is 0 Å². The summed E-state index contributed by atoms with van der Waals surface area (Å²) >= 11 is 0.747. The number of nitrogens with zero attached hydrogens (tertiary/aromatic N) is 1. The summed E-state index contributed by atoms with van der Waals surface area (Å²) in [6, 6.07) is 4.97. The van der Waals surface area contributed by atoms with Crippen molar-refractivity contribution in [3.63, 3.8) is 0 Å². The molecule has 1 aromatic carbocycles. The van der Waals surface area contributed by atoms with Crippen molar-refractivity contribution in [2.24, 2.45) is 5.73 Å². The molecule has 1 atom stereocenters. The maximum absolute atomic E-state index is 13.1. The number of aryl methyl sites for hydroxylation is 1. The Morgan fingerprint density at radius 2 is 1.96 bits per heavy atom. The lowest BCUT2D eigenvalue weighted by molar-refractivity contribution is -0.207. The van der Waals surface area contributed by atoms with E-state index in [1.165, 1.54) is 30.5 Å². The number of thiazole rings is 1. The van der Waals surface area contributed by atoms with Gasteiger partial charge in [-0.05, 0) is 25.1 Å². The molecule has 0 fully saturated rings. The maximum atomic E-state index is 13.1. The molecule has 0 bridgehead atoms. The lowest BCUT2D eigenvalue weighted by Gasteiger charge is -2.18. The summed E-state index contributed by atoms with van der Waals surface area (Å²) in [6.45, 7) is 1.53. The topological polar surface area (TPSA) is 82.3 Å². The Labute approximate surface area is 132 Å². The van der Waals surface area contributed by atoms with Gasteiger partial charge in [0, 0.05) is 16.6 Å². The number of carbonyl (C=O) groups is 2. The van der Waals surface area contributed by atoms with Crippen molar-refractivity contribution in [2.75, 3.05) is 0 Å². The molecule has 2 aromatic rings. The highest BCUT2D eigenvalue weighted by molar-refractivity contribution is 7.09. The van der Waals surface area contributed by atoms with Crippen LogP contribution in [0, 0.1) is 6.92 Å². The molecule has 0 aliphatic rings. The molecule has 0 spiro atoms. The molecule has 0 saturated heterocycles. The molecule has 122 valence electrons. The second-order valence-electron chi connectivity index (χ2n) is 4.60. The van der Waals surface area contributed by atoms with Gasteiger partial charge in [0.1, 0.15) is 5.01 Å². The van der Waals surface area contributed by atoms with Gasteiger partial charge in [0.15, 0.2) is 0 Å². The summed E-state index contributed by atoms with van der Waals surface area (Å²) in [6.07, 6.45) is -7.27. The van der Waals surface area contributed by atoms with Crippen molar-refractivity contribution in [3.8, 4) is 0 Å². The van der Waals surface area contributed by atoms with Gasteiger partial charge in [-0.15, -0.1) is 11.3 Å². The molecule has 1 unspecified atom stereocenters. The number of hydrogen-bond acceptors (Lipinski definition) is 5. The third-order valence-corrected chi connectivity index (χ3v) is 3.77. The number of aromatic nitrogens is 1. The third kappa shape index (κ3) is 4.07. The lowest BCUT2D eigenvalue weighted by Crippen LogP contribution is -2.26. The molecule has 0 saturated carbocycles. The van der Waals surface area contributed by atoms with E-state index in [1.54, 1.807) is 0 Å². The van der Waals surface area contributed by atoms with Crippen molar-refractivity contribution in [2.45, 2.75) is 19.2 Å². The fourth-order valence-electron chi connectivity index (χ4n) is 1.72. The Kier molecular flexibility index (Phi) is 4.69. The largest absolute Gasteiger partial charge is 0.442 e. The Balaban J connectivity index is 2.28. The van der Waals surface area contributed by atoms with Crippen LogP contribution < -0.4 is 5.73 Å². The number of benzene rings is 1. The monoisotopic (exact) mass is 344 g/mol.